The van der Waals surface area contributed by atoms with Gasteiger partial charge in [0, 0.05) is 5.56 Å². The van der Waals surface area contributed by atoms with Crippen LogP contribution in [0.1, 0.15) is 51.7 Å². The SMILES string of the molecule is CC(C)(O)CCc1c2c(c(O)c3oc4c(O)ccc(O)c4c(=O)c13)OC(C)(C)CC2. The fourth-order valence-electron chi connectivity index (χ4n) is 4.07. The molecule has 2 aromatic carbocycles. The minimum Gasteiger partial charge on any atom is -0.507 e. The summed E-state index contributed by atoms with van der Waals surface area (Å²) >= 11 is 0. The summed E-state index contributed by atoms with van der Waals surface area (Å²) in [6.45, 7) is 7.19. The Balaban J connectivity index is 2.14. The summed E-state index contributed by atoms with van der Waals surface area (Å²) in [6.07, 6.45) is 1.98. The van der Waals surface area contributed by atoms with Crippen molar-refractivity contribution in [1.82, 2.24) is 0 Å². The Morgan fingerprint density at radius 3 is 2.40 bits per heavy atom. The minimum atomic E-state index is -0.969. The van der Waals surface area contributed by atoms with Crippen LogP contribution in [0.2, 0.25) is 0 Å². The van der Waals surface area contributed by atoms with Gasteiger partial charge in [0.15, 0.2) is 22.7 Å². The summed E-state index contributed by atoms with van der Waals surface area (Å²) in [5, 5.41) is 41.7. The van der Waals surface area contributed by atoms with Gasteiger partial charge in [-0.25, -0.2) is 0 Å². The van der Waals surface area contributed by atoms with Crippen molar-refractivity contribution in [2.24, 2.45) is 0 Å². The lowest BCUT2D eigenvalue weighted by atomic mass is 9.86. The van der Waals surface area contributed by atoms with Crippen LogP contribution in [-0.2, 0) is 12.8 Å². The van der Waals surface area contributed by atoms with E-state index in [2.05, 4.69) is 0 Å². The van der Waals surface area contributed by atoms with Crippen LogP contribution in [0.3, 0.4) is 0 Å². The molecule has 0 radical (unpaired) electrons. The normalized spacial score (nSPS) is 15.9. The number of fused-ring (bicyclic) bond motifs is 3. The number of benzene rings is 2. The van der Waals surface area contributed by atoms with Crippen molar-refractivity contribution in [3.8, 4) is 23.0 Å². The Hall–Kier alpha value is -2.93. The Labute approximate surface area is 173 Å². The predicted molar refractivity (Wildman–Crippen MR) is 113 cm³/mol. The molecule has 0 saturated heterocycles. The van der Waals surface area contributed by atoms with Gasteiger partial charge >= 0.3 is 0 Å². The molecule has 0 amide bonds. The van der Waals surface area contributed by atoms with E-state index in [0.29, 0.717) is 36.8 Å². The Morgan fingerprint density at radius 2 is 1.73 bits per heavy atom. The predicted octanol–water partition coefficient (Wildman–Crippen LogP) is 3.87. The third kappa shape index (κ3) is 3.23. The lowest BCUT2D eigenvalue weighted by Crippen LogP contribution is -2.33. The number of hydrogen-bond acceptors (Lipinski definition) is 7. The maximum Gasteiger partial charge on any atom is 0.204 e. The molecule has 0 spiro atoms. The van der Waals surface area contributed by atoms with Crippen LogP contribution in [0.25, 0.3) is 21.9 Å². The Bertz CT molecular complexity index is 1230. The van der Waals surface area contributed by atoms with Gasteiger partial charge in [-0.3, -0.25) is 4.79 Å². The second-order valence-corrected chi connectivity index (χ2v) is 9.25. The standard InChI is InChI=1S/C23H26O7/c1-22(2,28)9-7-11-12-8-10-23(3,4)30-19(12)18(27)21-15(11)17(26)16-13(24)5-6-14(25)20(16)29-21/h5-6,24-25,27-28H,7-10H2,1-4H3. The van der Waals surface area contributed by atoms with E-state index >= 15 is 0 Å². The lowest BCUT2D eigenvalue weighted by molar-refractivity contribution is 0.0699. The first kappa shape index (κ1) is 20.3. The topological polar surface area (TPSA) is 120 Å². The number of aromatic hydroxyl groups is 3. The molecule has 160 valence electrons. The number of aliphatic hydroxyl groups is 1. The Kier molecular flexibility index (Phi) is 4.43. The maximum absolute atomic E-state index is 13.4. The molecule has 0 fully saturated rings. The van der Waals surface area contributed by atoms with Gasteiger partial charge in [0.1, 0.15) is 16.7 Å². The summed E-state index contributed by atoms with van der Waals surface area (Å²) in [7, 11) is 0. The second kappa shape index (κ2) is 6.54. The minimum absolute atomic E-state index is 0.101. The highest BCUT2D eigenvalue weighted by Crippen LogP contribution is 2.48. The Morgan fingerprint density at radius 1 is 1.07 bits per heavy atom. The molecular weight excluding hydrogens is 388 g/mol. The highest BCUT2D eigenvalue weighted by atomic mass is 16.5. The van der Waals surface area contributed by atoms with Gasteiger partial charge < -0.3 is 29.6 Å². The molecule has 30 heavy (non-hydrogen) atoms. The lowest BCUT2D eigenvalue weighted by Gasteiger charge is -2.34. The van der Waals surface area contributed by atoms with Gasteiger partial charge in [0.25, 0.3) is 0 Å². The van der Waals surface area contributed by atoms with Crippen molar-refractivity contribution in [2.45, 2.75) is 64.6 Å². The molecule has 1 aromatic heterocycles. The van der Waals surface area contributed by atoms with Crippen LogP contribution >= 0.6 is 0 Å². The smallest absolute Gasteiger partial charge is 0.204 e. The molecular formula is C23H26O7. The molecule has 4 N–H and O–H groups in total. The number of rotatable bonds is 3. The molecule has 3 aromatic rings. The molecule has 2 heterocycles. The summed E-state index contributed by atoms with van der Waals surface area (Å²) < 4.78 is 11.8. The highest BCUT2D eigenvalue weighted by Gasteiger charge is 2.34. The van der Waals surface area contributed by atoms with Gasteiger partial charge in [-0.15, -0.1) is 0 Å². The first-order valence-corrected chi connectivity index (χ1v) is 9.99. The summed E-state index contributed by atoms with van der Waals surface area (Å²) in [5.74, 6) is -0.687. The van der Waals surface area contributed by atoms with E-state index in [9.17, 15) is 25.2 Å². The fourth-order valence-corrected chi connectivity index (χ4v) is 4.07. The molecule has 1 aliphatic heterocycles. The number of aryl methyl sites for hydroxylation is 1. The van der Waals surface area contributed by atoms with Gasteiger partial charge in [0.05, 0.1) is 11.0 Å². The number of phenols is 3. The van der Waals surface area contributed by atoms with Gasteiger partial charge in [-0.05, 0) is 71.1 Å². The average molecular weight is 414 g/mol. The molecule has 4 rings (SSSR count). The van der Waals surface area contributed by atoms with Crippen LogP contribution in [0.4, 0.5) is 0 Å². The third-order valence-electron chi connectivity index (χ3n) is 5.71. The molecule has 0 aliphatic carbocycles. The second-order valence-electron chi connectivity index (χ2n) is 9.25. The molecule has 0 unspecified atom stereocenters. The van der Waals surface area contributed by atoms with E-state index in [0.717, 1.165) is 0 Å². The molecule has 0 saturated carbocycles. The first-order chi connectivity index (χ1) is 13.9. The van der Waals surface area contributed by atoms with Gasteiger partial charge in [-0.1, -0.05) is 0 Å². The zero-order valence-corrected chi connectivity index (χ0v) is 17.5. The van der Waals surface area contributed by atoms with Crippen molar-refractivity contribution >= 4 is 21.9 Å². The van der Waals surface area contributed by atoms with Gasteiger partial charge in [0.2, 0.25) is 11.2 Å². The summed E-state index contributed by atoms with van der Waals surface area (Å²) in [6, 6.07) is 2.44. The van der Waals surface area contributed by atoms with E-state index in [1.807, 2.05) is 13.8 Å². The maximum atomic E-state index is 13.4. The number of ether oxygens (including phenoxy) is 1. The zero-order chi connectivity index (χ0) is 22.0. The number of phenolic OH excluding ortho intramolecular Hbond substituents is 3. The first-order valence-electron chi connectivity index (χ1n) is 9.99. The van der Waals surface area contributed by atoms with E-state index in [4.69, 9.17) is 9.15 Å². The summed E-state index contributed by atoms with van der Waals surface area (Å²) in [4.78, 5) is 13.4. The molecule has 0 bridgehead atoms. The van der Waals surface area contributed by atoms with Crippen LogP contribution in [0, 0.1) is 0 Å². The zero-order valence-electron chi connectivity index (χ0n) is 17.5. The van der Waals surface area contributed by atoms with Gasteiger partial charge in [-0.2, -0.15) is 0 Å². The monoisotopic (exact) mass is 414 g/mol. The summed E-state index contributed by atoms with van der Waals surface area (Å²) in [5.41, 5.74) is -1.01. The van der Waals surface area contributed by atoms with Crippen molar-refractivity contribution in [3.63, 3.8) is 0 Å². The quantitative estimate of drug-likeness (QED) is 0.379. The van der Waals surface area contributed by atoms with Crippen LogP contribution < -0.4 is 10.2 Å². The van der Waals surface area contributed by atoms with Crippen LogP contribution in [0.5, 0.6) is 23.0 Å². The molecule has 1 aliphatic rings. The third-order valence-corrected chi connectivity index (χ3v) is 5.71. The largest absolute Gasteiger partial charge is 0.507 e. The number of hydrogen-bond donors (Lipinski definition) is 4. The van der Waals surface area contributed by atoms with E-state index in [1.54, 1.807) is 13.8 Å². The molecule has 7 nitrogen and oxygen atoms in total. The average Bonchev–Trinajstić information content (AvgIpc) is 2.64. The van der Waals surface area contributed by atoms with E-state index in [-0.39, 0.29) is 44.9 Å². The molecule has 0 atom stereocenters. The van der Waals surface area contributed by atoms with Crippen molar-refractivity contribution in [2.75, 3.05) is 0 Å². The molecule has 7 heteroatoms. The van der Waals surface area contributed by atoms with Crippen molar-refractivity contribution < 1.29 is 29.6 Å². The highest BCUT2D eigenvalue weighted by molar-refractivity contribution is 6.00. The van der Waals surface area contributed by atoms with E-state index in [1.165, 1.54) is 12.1 Å². The van der Waals surface area contributed by atoms with Crippen molar-refractivity contribution in [3.05, 3.63) is 33.5 Å². The fraction of sp³-hybridized carbons (Fsp3) is 0.435. The van der Waals surface area contributed by atoms with Crippen molar-refractivity contribution in [1.29, 1.82) is 0 Å². The van der Waals surface area contributed by atoms with E-state index < -0.39 is 16.6 Å². The van der Waals surface area contributed by atoms with Crippen LogP contribution in [-0.4, -0.2) is 31.6 Å². The van der Waals surface area contributed by atoms with Crippen LogP contribution in [0.15, 0.2) is 21.3 Å².